The van der Waals surface area contributed by atoms with Crippen LogP contribution >= 0.6 is 0 Å². The monoisotopic (exact) mass is 309 g/mol. The summed E-state index contributed by atoms with van der Waals surface area (Å²) < 4.78 is 2.07. The summed E-state index contributed by atoms with van der Waals surface area (Å²) in [6.45, 7) is 4.80. The predicted octanol–water partition coefficient (Wildman–Crippen LogP) is 3.87. The Balaban J connectivity index is 2.21. The number of amides is 1. The van der Waals surface area contributed by atoms with E-state index in [1.54, 1.807) is 6.08 Å². The van der Waals surface area contributed by atoms with Crippen LogP contribution in [-0.4, -0.2) is 16.5 Å². The van der Waals surface area contributed by atoms with Crippen molar-refractivity contribution in [2.75, 3.05) is 0 Å². The van der Waals surface area contributed by atoms with Gasteiger partial charge in [-0.1, -0.05) is 32.0 Å². The van der Waals surface area contributed by atoms with E-state index in [1.807, 2.05) is 36.5 Å². The van der Waals surface area contributed by atoms with Crippen LogP contribution in [0.25, 0.3) is 17.0 Å². The first-order valence-electron chi connectivity index (χ1n) is 8.13. The molecule has 120 valence electrons. The minimum atomic E-state index is -0.0624. The van der Waals surface area contributed by atoms with Crippen molar-refractivity contribution < 1.29 is 4.79 Å². The van der Waals surface area contributed by atoms with E-state index in [1.165, 1.54) is 0 Å². The van der Waals surface area contributed by atoms with E-state index in [2.05, 4.69) is 29.8 Å². The van der Waals surface area contributed by atoms with E-state index >= 15 is 0 Å². The van der Waals surface area contributed by atoms with E-state index in [0.29, 0.717) is 13.0 Å². The smallest absolute Gasteiger partial charge is 0.244 e. The van der Waals surface area contributed by atoms with Crippen molar-refractivity contribution in [2.24, 2.45) is 0 Å². The molecule has 1 aromatic carbocycles. The molecular weight excluding hydrogens is 286 g/mol. The van der Waals surface area contributed by atoms with E-state index in [-0.39, 0.29) is 11.9 Å². The molecule has 0 aliphatic carbocycles. The van der Waals surface area contributed by atoms with Crippen molar-refractivity contribution in [3.05, 3.63) is 42.1 Å². The highest BCUT2D eigenvalue weighted by Crippen LogP contribution is 2.22. The van der Waals surface area contributed by atoms with Crippen LogP contribution in [0.4, 0.5) is 0 Å². The Morgan fingerprint density at radius 1 is 1.35 bits per heavy atom. The first-order valence-corrected chi connectivity index (χ1v) is 8.13. The molecule has 0 aliphatic rings. The molecule has 1 N–H and O–H groups in total. The quantitative estimate of drug-likeness (QED) is 0.789. The molecular formula is C19H23N3O. The lowest BCUT2D eigenvalue weighted by molar-refractivity contribution is -0.117. The van der Waals surface area contributed by atoms with Crippen molar-refractivity contribution >= 4 is 22.9 Å². The van der Waals surface area contributed by atoms with Crippen LogP contribution in [0.1, 0.15) is 38.7 Å². The summed E-state index contributed by atoms with van der Waals surface area (Å²) in [7, 11) is 0. The minimum Gasteiger partial charge on any atom is -0.350 e. The Hall–Kier alpha value is -2.54. The molecule has 1 heterocycles. The normalized spacial score (nSPS) is 11.2. The summed E-state index contributed by atoms with van der Waals surface area (Å²) in [5.74, 6) is -0.0624. The Kier molecular flexibility index (Phi) is 5.99. The van der Waals surface area contributed by atoms with Gasteiger partial charge >= 0.3 is 0 Å². The van der Waals surface area contributed by atoms with Gasteiger partial charge < -0.3 is 9.88 Å². The van der Waals surface area contributed by atoms with Crippen LogP contribution in [0.2, 0.25) is 0 Å². The minimum absolute atomic E-state index is 0.0624. The average Bonchev–Trinajstić information content (AvgIpc) is 2.94. The van der Waals surface area contributed by atoms with Gasteiger partial charge in [-0.25, -0.2) is 0 Å². The fourth-order valence-corrected chi connectivity index (χ4v) is 2.67. The molecule has 0 unspecified atom stereocenters. The molecule has 0 atom stereocenters. The molecule has 1 amide bonds. The van der Waals surface area contributed by atoms with Gasteiger partial charge in [0.2, 0.25) is 5.91 Å². The first-order chi connectivity index (χ1) is 11.2. The maximum absolute atomic E-state index is 12.0. The zero-order valence-electron chi connectivity index (χ0n) is 13.7. The Labute approximate surface area is 137 Å². The van der Waals surface area contributed by atoms with Gasteiger partial charge in [0.1, 0.15) is 0 Å². The Bertz CT molecular complexity index is 733. The number of benzene rings is 1. The molecule has 23 heavy (non-hydrogen) atoms. The highest BCUT2D eigenvalue weighted by molar-refractivity contribution is 5.96. The van der Waals surface area contributed by atoms with Gasteiger partial charge in [-0.15, -0.1) is 0 Å². The summed E-state index contributed by atoms with van der Waals surface area (Å²) >= 11 is 0. The van der Waals surface area contributed by atoms with Gasteiger partial charge in [0, 0.05) is 41.3 Å². The number of fused-ring (bicyclic) bond motifs is 1. The SMILES string of the molecule is CCC(CC)NC(=O)/C=C/c1cn(CCC#N)c2ccccc12. The third-order valence-corrected chi connectivity index (χ3v) is 4.03. The third kappa shape index (κ3) is 4.23. The maximum atomic E-state index is 12.0. The van der Waals surface area contributed by atoms with Crippen LogP contribution in [0.15, 0.2) is 36.5 Å². The molecule has 0 fully saturated rings. The van der Waals surface area contributed by atoms with Crippen LogP contribution in [0, 0.1) is 11.3 Å². The number of para-hydroxylation sites is 1. The zero-order chi connectivity index (χ0) is 16.7. The fourth-order valence-electron chi connectivity index (χ4n) is 2.67. The highest BCUT2D eigenvalue weighted by atomic mass is 16.1. The molecule has 0 saturated heterocycles. The predicted molar refractivity (Wildman–Crippen MR) is 93.7 cm³/mol. The molecule has 2 aromatic rings. The number of aryl methyl sites for hydroxylation is 1. The number of nitriles is 1. The van der Waals surface area contributed by atoms with Crippen molar-refractivity contribution in [2.45, 2.75) is 45.7 Å². The zero-order valence-corrected chi connectivity index (χ0v) is 13.7. The molecule has 0 spiro atoms. The second-order valence-corrected chi connectivity index (χ2v) is 5.56. The molecule has 0 aliphatic heterocycles. The topological polar surface area (TPSA) is 57.8 Å². The summed E-state index contributed by atoms with van der Waals surface area (Å²) in [5, 5.41) is 12.9. The maximum Gasteiger partial charge on any atom is 0.244 e. The highest BCUT2D eigenvalue weighted by Gasteiger charge is 2.08. The number of nitrogens with zero attached hydrogens (tertiary/aromatic N) is 2. The average molecular weight is 309 g/mol. The van der Waals surface area contributed by atoms with E-state index in [0.717, 1.165) is 29.3 Å². The van der Waals surface area contributed by atoms with Gasteiger partial charge in [0.05, 0.1) is 12.5 Å². The summed E-state index contributed by atoms with van der Waals surface area (Å²) in [4.78, 5) is 12.0. The number of aromatic nitrogens is 1. The van der Waals surface area contributed by atoms with Gasteiger partial charge in [0.15, 0.2) is 0 Å². The van der Waals surface area contributed by atoms with Crippen molar-refractivity contribution in [1.29, 1.82) is 5.26 Å². The molecule has 1 aromatic heterocycles. The Morgan fingerprint density at radius 2 is 2.09 bits per heavy atom. The molecule has 4 nitrogen and oxygen atoms in total. The largest absolute Gasteiger partial charge is 0.350 e. The third-order valence-electron chi connectivity index (χ3n) is 4.03. The molecule has 2 rings (SSSR count). The van der Waals surface area contributed by atoms with Gasteiger partial charge in [-0.3, -0.25) is 4.79 Å². The molecule has 4 heteroatoms. The fraction of sp³-hybridized carbons (Fsp3) is 0.368. The number of hydrogen-bond donors (Lipinski definition) is 1. The van der Waals surface area contributed by atoms with Crippen LogP contribution in [0.5, 0.6) is 0 Å². The Morgan fingerprint density at radius 3 is 2.78 bits per heavy atom. The number of carbonyl (C=O) groups is 1. The lowest BCUT2D eigenvalue weighted by Gasteiger charge is -2.12. The van der Waals surface area contributed by atoms with Gasteiger partial charge in [-0.2, -0.15) is 5.26 Å². The lowest BCUT2D eigenvalue weighted by Crippen LogP contribution is -2.32. The standard InChI is InChI=1S/C19H23N3O/c1-3-16(4-2)21-19(23)11-10-15-14-22(13-7-12-20)18-9-6-5-8-17(15)18/h5-6,8-11,14,16H,3-4,7,13H2,1-2H3,(H,21,23)/b11-10+. The number of nitrogens with one attached hydrogen (secondary N) is 1. The molecule has 0 radical (unpaired) electrons. The van der Waals surface area contributed by atoms with Crippen molar-refractivity contribution in [3.63, 3.8) is 0 Å². The second-order valence-electron chi connectivity index (χ2n) is 5.56. The van der Waals surface area contributed by atoms with Crippen LogP contribution < -0.4 is 5.32 Å². The van der Waals surface area contributed by atoms with Crippen LogP contribution in [0.3, 0.4) is 0 Å². The number of hydrogen-bond acceptors (Lipinski definition) is 2. The van der Waals surface area contributed by atoms with Crippen molar-refractivity contribution in [3.8, 4) is 6.07 Å². The second kappa shape index (κ2) is 8.19. The van der Waals surface area contributed by atoms with E-state index < -0.39 is 0 Å². The number of carbonyl (C=O) groups excluding carboxylic acids is 1. The summed E-state index contributed by atoms with van der Waals surface area (Å²) in [6, 6.07) is 10.4. The van der Waals surface area contributed by atoms with E-state index in [4.69, 9.17) is 5.26 Å². The van der Waals surface area contributed by atoms with E-state index in [9.17, 15) is 4.79 Å². The van der Waals surface area contributed by atoms with Gasteiger partial charge in [0.25, 0.3) is 0 Å². The van der Waals surface area contributed by atoms with Gasteiger partial charge in [-0.05, 0) is 25.0 Å². The van der Waals surface area contributed by atoms with Crippen LogP contribution in [-0.2, 0) is 11.3 Å². The summed E-state index contributed by atoms with van der Waals surface area (Å²) in [5.41, 5.74) is 2.08. The number of rotatable bonds is 7. The van der Waals surface area contributed by atoms with Crippen molar-refractivity contribution in [1.82, 2.24) is 9.88 Å². The lowest BCUT2D eigenvalue weighted by atomic mass is 10.1. The first kappa shape index (κ1) is 16.8. The molecule has 0 saturated carbocycles. The molecule has 0 bridgehead atoms. The summed E-state index contributed by atoms with van der Waals surface area (Å²) in [6.07, 6.45) is 7.78.